The number of fused-ring (bicyclic) bond motifs is 1. The topological polar surface area (TPSA) is 47.8 Å². The molecule has 4 heteroatoms. The first-order valence-electron chi connectivity index (χ1n) is 7.55. The molecule has 0 spiro atoms. The summed E-state index contributed by atoms with van der Waals surface area (Å²) in [5, 5.41) is 6.44. The van der Waals surface area contributed by atoms with Gasteiger partial charge >= 0.3 is 0 Å². The van der Waals surface area contributed by atoms with Gasteiger partial charge in [0.05, 0.1) is 0 Å². The number of benzene rings is 2. The van der Waals surface area contributed by atoms with Crippen molar-refractivity contribution in [3.05, 3.63) is 60.7 Å². The molecule has 23 heavy (non-hydrogen) atoms. The lowest BCUT2D eigenvalue weighted by Gasteiger charge is -2.18. The third-order valence-electron chi connectivity index (χ3n) is 3.66. The van der Waals surface area contributed by atoms with Gasteiger partial charge in [0, 0.05) is 5.41 Å². The highest BCUT2D eigenvalue weighted by atomic mass is 16.1. The minimum atomic E-state index is -0.491. The molecule has 0 unspecified atom stereocenters. The Hall–Kier alpha value is -2.75. The highest BCUT2D eigenvalue weighted by molar-refractivity contribution is 6.21. The molecule has 3 rings (SSSR count). The minimum Gasteiger partial charge on any atom is -0.292 e. The molecule has 0 radical (unpaired) electrons. The first kappa shape index (κ1) is 15.2. The maximum atomic E-state index is 12.8. The standard InChI is InChI=1S/C19H19N3O/c1-19(2,3)18(23)17(22-13-20-12-21-22)11-14-8-9-15-6-4-5-7-16(15)10-14/h4-13H,1-3H3/b17-11-. The highest BCUT2D eigenvalue weighted by Gasteiger charge is 2.26. The van der Waals surface area contributed by atoms with Crippen LogP contribution >= 0.6 is 0 Å². The summed E-state index contributed by atoms with van der Waals surface area (Å²) in [5.41, 5.74) is 0.992. The molecule has 0 aliphatic carbocycles. The van der Waals surface area contributed by atoms with Crippen molar-refractivity contribution in [3.63, 3.8) is 0 Å². The third kappa shape index (κ3) is 3.21. The van der Waals surface area contributed by atoms with Crippen LogP contribution in [-0.4, -0.2) is 20.5 Å². The third-order valence-corrected chi connectivity index (χ3v) is 3.66. The van der Waals surface area contributed by atoms with Crippen molar-refractivity contribution in [1.29, 1.82) is 0 Å². The molecule has 116 valence electrons. The Bertz CT molecular complexity index is 871. The molecule has 1 heterocycles. The lowest BCUT2D eigenvalue weighted by molar-refractivity contribution is -0.120. The van der Waals surface area contributed by atoms with Gasteiger partial charge in [0.25, 0.3) is 0 Å². The van der Waals surface area contributed by atoms with Crippen LogP contribution in [0.4, 0.5) is 0 Å². The molecule has 0 aliphatic heterocycles. The van der Waals surface area contributed by atoms with Crippen molar-refractivity contribution in [2.75, 3.05) is 0 Å². The Labute approximate surface area is 135 Å². The Morgan fingerprint density at radius 2 is 1.83 bits per heavy atom. The van der Waals surface area contributed by atoms with Gasteiger partial charge in [-0.1, -0.05) is 57.2 Å². The number of allylic oxidation sites excluding steroid dienone is 1. The number of aromatic nitrogens is 3. The van der Waals surface area contributed by atoms with Crippen LogP contribution in [0.3, 0.4) is 0 Å². The average molecular weight is 305 g/mol. The summed E-state index contributed by atoms with van der Waals surface area (Å²) < 4.78 is 1.53. The number of ketones is 1. The number of nitrogens with zero attached hydrogens (tertiary/aromatic N) is 3. The molecule has 0 aliphatic rings. The molecule has 0 fully saturated rings. The van der Waals surface area contributed by atoms with Gasteiger partial charge in [0.2, 0.25) is 0 Å². The van der Waals surface area contributed by atoms with Crippen molar-refractivity contribution in [1.82, 2.24) is 14.8 Å². The van der Waals surface area contributed by atoms with Crippen LogP contribution in [0.2, 0.25) is 0 Å². The molecule has 2 aromatic carbocycles. The molecule has 0 saturated carbocycles. The Balaban J connectivity index is 2.11. The SMILES string of the molecule is CC(C)(C)C(=O)/C(=C/c1ccc2ccccc2c1)n1cncn1. The van der Waals surface area contributed by atoms with E-state index in [0.717, 1.165) is 10.9 Å². The monoisotopic (exact) mass is 305 g/mol. The van der Waals surface area contributed by atoms with E-state index in [0.29, 0.717) is 5.70 Å². The van der Waals surface area contributed by atoms with E-state index >= 15 is 0 Å². The van der Waals surface area contributed by atoms with Crippen LogP contribution < -0.4 is 0 Å². The molecular weight excluding hydrogens is 286 g/mol. The second-order valence-electron chi connectivity index (χ2n) is 6.56. The van der Waals surface area contributed by atoms with Crippen LogP contribution in [0.15, 0.2) is 55.1 Å². The quantitative estimate of drug-likeness (QED) is 0.686. The zero-order chi connectivity index (χ0) is 16.4. The van der Waals surface area contributed by atoms with Gasteiger partial charge in [-0.15, -0.1) is 0 Å². The van der Waals surface area contributed by atoms with Crippen LogP contribution in [0, 0.1) is 5.41 Å². The van der Waals surface area contributed by atoms with Gasteiger partial charge in [-0.05, 0) is 28.5 Å². The number of carbonyl (C=O) groups is 1. The fourth-order valence-electron chi connectivity index (χ4n) is 2.41. The van der Waals surface area contributed by atoms with Crippen molar-refractivity contribution >= 4 is 28.3 Å². The molecule has 1 aromatic heterocycles. The lowest BCUT2D eigenvalue weighted by atomic mass is 9.88. The van der Waals surface area contributed by atoms with E-state index in [1.165, 1.54) is 16.4 Å². The maximum Gasteiger partial charge on any atom is 0.186 e. The summed E-state index contributed by atoms with van der Waals surface area (Å²) in [5.74, 6) is 0.0242. The van der Waals surface area contributed by atoms with Crippen LogP contribution in [0.25, 0.3) is 22.5 Å². The van der Waals surface area contributed by atoms with Gasteiger partial charge in [-0.25, -0.2) is 9.67 Å². The second-order valence-corrected chi connectivity index (χ2v) is 6.56. The Morgan fingerprint density at radius 1 is 1.09 bits per heavy atom. The smallest absolute Gasteiger partial charge is 0.186 e. The van der Waals surface area contributed by atoms with Crippen LogP contribution in [0.1, 0.15) is 26.3 Å². The molecule has 0 saturated heterocycles. The predicted octanol–water partition coefficient (Wildman–Crippen LogP) is 4.04. The molecule has 0 amide bonds. The first-order chi connectivity index (χ1) is 10.9. The fraction of sp³-hybridized carbons (Fsp3) is 0.211. The van der Waals surface area contributed by atoms with Gasteiger partial charge in [-0.2, -0.15) is 5.10 Å². The molecular formula is C19H19N3O. The van der Waals surface area contributed by atoms with Crippen molar-refractivity contribution < 1.29 is 4.79 Å². The molecule has 0 N–H and O–H groups in total. The zero-order valence-corrected chi connectivity index (χ0v) is 13.5. The van der Waals surface area contributed by atoms with Crippen LogP contribution in [-0.2, 0) is 4.79 Å². The Kier molecular flexibility index (Phi) is 3.82. The summed E-state index contributed by atoms with van der Waals surface area (Å²) in [6.45, 7) is 5.71. The normalized spacial score (nSPS) is 12.6. The fourth-order valence-corrected chi connectivity index (χ4v) is 2.41. The van der Waals surface area contributed by atoms with Gasteiger partial charge < -0.3 is 0 Å². The number of Topliss-reactive ketones (excluding diaryl/α,β-unsaturated/α-hetero) is 1. The Morgan fingerprint density at radius 3 is 2.48 bits per heavy atom. The molecule has 0 atom stereocenters. The number of hydrogen-bond acceptors (Lipinski definition) is 3. The van der Waals surface area contributed by atoms with E-state index in [2.05, 4.69) is 34.3 Å². The summed E-state index contributed by atoms with van der Waals surface area (Å²) >= 11 is 0. The average Bonchev–Trinajstić information content (AvgIpc) is 3.05. The van der Waals surface area contributed by atoms with E-state index in [1.54, 1.807) is 6.33 Å². The van der Waals surface area contributed by atoms with Gasteiger partial charge in [0.1, 0.15) is 18.4 Å². The summed E-state index contributed by atoms with van der Waals surface area (Å²) in [6.07, 6.45) is 4.86. The van der Waals surface area contributed by atoms with Crippen molar-refractivity contribution in [2.24, 2.45) is 5.41 Å². The largest absolute Gasteiger partial charge is 0.292 e. The summed E-state index contributed by atoms with van der Waals surface area (Å²) in [4.78, 5) is 16.7. The number of carbonyl (C=O) groups excluding carboxylic acids is 1. The zero-order valence-electron chi connectivity index (χ0n) is 13.5. The predicted molar refractivity (Wildman–Crippen MR) is 92.6 cm³/mol. The van der Waals surface area contributed by atoms with Gasteiger partial charge in [0.15, 0.2) is 5.78 Å². The van der Waals surface area contributed by atoms with E-state index in [-0.39, 0.29) is 5.78 Å². The van der Waals surface area contributed by atoms with Crippen LogP contribution in [0.5, 0.6) is 0 Å². The lowest BCUT2D eigenvalue weighted by Crippen LogP contribution is -2.24. The molecule has 4 nitrogen and oxygen atoms in total. The molecule has 0 bridgehead atoms. The van der Waals surface area contributed by atoms with E-state index in [1.807, 2.05) is 45.0 Å². The minimum absolute atomic E-state index is 0.0242. The maximum absolute atomic E-state index is 12.8. The van der Waals surface area contributed by atoms with E-state index in [9.17, 15) is 4.79 Å². The second kappa shape index (κ2) is 5.80. The number of hydrogen-bond donors (Lipinski definition) is 0. The van der Waals surface area contributed by atoms with E-state index in [4.69, 9.17) is 0 Å². The summed E-state index contributed by atoms with van der Waals surface area (Å²) in [6, 6.07) is 14.3. The number of rotatable bonds is 3. The highest BCUT2D eigenvalue weighted by Crippen LogP contribution is 2.25. The van der Waals surface area contributed by atoms with E-state index < -0.39 is 5.41 Å². The molecule has 3 aromatic rings. The first-order valence-corrected chi connectivity index (χ1v) is 7.55. The van der Waals surface area contributed by atoms with Crippen molar-refractivity contribution in [2.45, 2.75) is 20.8 Å². The van der Waals surface area contributed by atoms with Gasteiger partial charge in [-0.3, -0.25) is 4.79 Å². The summed E-state index contributed by atoms with van der Waals surface area (Å²) in [7, 11) is 0. The van der Waals surface area contributed by atoms with Crippen molar-refractivity contribution in [3.8, 4) is 0 Å².